The first-order chi connectivity index (χ1) is 9.59. The molecule has 1 aromatic rings. The van der Waals surface area contributed by atoms with Crippen molar-refractivity contribution in [3.63, 3.8) is 0 Å². The van der Waals surface area contributed by atoms with Crippen LogP contribution in [-0.4, -0.2) is 30.1 Å². The number of alkyl halides is 6. The van der Waals surface area contributed by atoms with Crippen LogP contribution in [0.1, 0.15) is 16.7 Å². The Labute approximate surface area is 116 Å². The fourth-order valence-corrected chi connectivity index (χ4v) is 2.28. The molecule has 0 atom stereocenters. The largest absolute Gasteiger partial charge is 0.471 e. The van der Waals surface area contributed by atoms with Gasteiger partial charge in [-0.15, -0.1) is 0 Å². The number of carbonyl (C=O) groups excluding carboxylic acids is 1. The summed E-state index contributed by atoms with van der Waals surface area (Å²) in [6, 6.07) is 3.11. The van der Waals surface area contributed by atoms with Crippen LogP contribution in [0.15, 0.2) is 18.2 Å². The summed E-state index contributed by atoms with van der Waals surface area (Å²) >= 11 is 0. The van der Waals surface area contributed by atoms with Gasteiger partial charge in [-0.05, 0) is 36.1 Å². The predicted molar refractivity (Wildman–Crippen MR) is 61.5 cm³/mol. The molecule has 116 valence electrons. The van der Waals surface area contributed by atoms with Crippen LogP contribution in [0.2, 0.25) is 0 Å². The zero-order valence-corrected chi connectivity index (χ0v) is 10.7. The standard InChI is InChI=1S/C13H11F6NO/c14-12(15,16)10-2-1-8-3-5-20(6-4-9(8)7-10)11(21)13(17,18)19/h1-2,7H,3-6H2. The fourth-order valence-electron chi connectivity index (χ4n) is 2.28. The summed E-state index contributed by atoms with van der Waals surface area (Å²) in [6.45, 7) is -0.399. The summed E-state index contributed by atoms with van der Waals surface area (Å²) in [5.74, 6) is -1.95. The van der Waals surface area contributed by atoms with E-state index in [0.717, 1.165) is 12.1 Å². The lowest BCUT2D eigenvalue weighted by Gasteiger charge is -2.21. The van der Waals surface area contributed by atoms with Gasteiger partial charge < -0.3 is 4.90 Å². The van der Waals surface area contributed by atoms with Gasteiger partial charge in [0, 0.05) is 13.1 Å². The molecule has 0 unspecified atom stereocenters. The number of hydrogen-bond acceptors (Lipinski definition) is 1. The van der Waals surface area contributed by atoms with Crippen molar-refractivity contribution in [3.8, 4) is 0 Å². The topological polar surface area (TPSA) is 20.3 Å². The van der Waals surface area contributed by atoms with Crippen molar-refractivity contribution in [3.05, 3.63) is 34.9 Å². The minimum atomic E-state index is -4.96. The second-order valence-corrected chi connectivity index (χ2v) is 4.77. The maximum atomic E-state index is 12.6. The van der Waals surface area contributed by atoms with E-state index in [1.807, 2.05) is 0 Å². The van der Waals surface area contributed by atoms with Crippen LogP contribution in [0.4, 0.5) is 26.3 Å². The highest BCUT2D eigenvalue weighted by molar-refractivity contribution is 5.82. The Bertz CT molecular complexity index is 549. The molecule has 1 amide bonds. The van der Waals surface area contributed by atoms with Gasteiger partial charge >= 0.3 is 18.3 Å². The molecule has 0 radical (unpaired) electrons. The number of nitrogens with zero attached hydrogens (tertiary/aromatic N) is 1. The first kappa shape index (κ1) is 15.7. The van der Waals surface area contributed by atoms with Gasteiger partial charge in [0.1, 0.15) is 0 Å². The van der Waals surface area contributed by atoms with Crippen molar-refractivity contribution in [1.82, 2.24) is 4.90 Å². The van der Waals surface area contributed by atoms with Crippen molar-refractivity contribution < 1.29 is 31.1 Å². The average molecular weight is 311 g/mol. The fraction of sp³-hybridized carbons (Fsp3) is 0.462. The molecule has 2 rings (SSSR count). The third kappa shape index (κ3) is 3.48. The number of hydrogen-bond donors (Lipinski definition) is 0. The quantitative estimate of drug-likeness (QED) is 0.674. The monoisotopic (exact) mass is 311 g/mol. The maximum absolute atomic E-state index is 12.6. The lowest BCUT2D eigenvalue weighted by Crippen LogP contribution is -2.42. The van der Waals surface area contributed by atoms with E-state index in [0.29, 0.717) is 16.0 Å². The Hall–Kier alpha value is -1.73. The molecule has 1 aliphatic rings. The minimum Gasteiger partial charge on any atom is -0.334 e. The summed E-state index contributed by atoms with van der Waals surface area (Å²) in [7, 11) is 0. The van der Waals surface area contributed by atoms with Gasteiger partial charge in [0.15, 0.2) is 0 Å². The normalized spacial score (nSPS) is 16.4. The molecule has 0 bridgehead atoms. The van der Waals surface area contributed by atoms with Crippen molar-refractivity contribution in [2.75, 3.05) is 13.1 Å². The van der Waals surface area contributed by atoms with E-state index in [2.05, 4.69) is 0 Å². The van der Waals surface area contributed by atoms with Crippen LogP contribution in [-0.2, 0) is 23.8 Å². The molecular formula is C13H11F6NO. The number of benzene rings is 1. The molecule has 1 aromatic carbocycles. The Morgan fingerprint density at radius 2 is 1.52 bits per heavy atom. The molecule has 0 saturated carbocycles. The summed E-state index contributed by atoms with van der Waals surface area (Å²) in [6.07, 6.45) is -9.38. The van der Waals surface area contributed by atoms with Crippen LogP contribution < -0.4 is 0 Å². The van der Waals surface area contributed by atoms with Gasteiger partial charge in [-0.2, -0.15) is 26.3 Å². The van der Waals surface area contributed by atoms with Crippen LogP contribution in [0, 0.1) is 0 Å². The third-order valence-corrected chi connectivity index (χ3v) is 3.37. The molecule has 21 heavy (non-hydrogen) atoms. The van der Waals surface area contributed by atoms with E-state index in [4.69, 9.17) is 0 Å². The van der Waals surface area contributed by atoms with Crippen molar-refractivity contribution in [2.45, 2.75) is 25.2 Å². The summed E-state index contributed by atoms with van der Waals surface area (Å²) in [5.41, 5.74) is 0.0413. The maximum Gasteiger partial charge on any atom is 0.471 e. The van der Waals surface area contributed by atoms with Gasteiger partial charge in [-0.1, -0.05) is 6.07 Å². The molecule has 0 N–H and O–H groups in total. The summed E-state index contributed by atoms with van der Waals surface area (Å²) < 4.78 is 74.9. The summed E-state index contributed by atoms with van der Waals surface area (Å²) in [5, 5.41) is 0. The molecule has 8 heteroatoms. The Balaban J connectivity index is 2.20. The molecule has 1 heterocycles. The van der Waals surface area contributed by atoms with Gasteiger partial charge in [-0.25, -0.2) is 0 Å². The molecular weight excluding hydrogens is 300 g/mol. The van der Waals surface area contributed by atoms with E-state index in [1.165, 1.54) is 6.07 Å². The molecule has 0 aliphatic carbocycles. The van der Waals surface area contributed by atoms with E-state index in [-0.39, 0.29) is 25.9 Å². The first-order valence-corrected chi connectivity index (χ1v) is 6.14. The Morgan fingerprint density at radius 3 is 2.05 bits per heavy atom. The lowest BCUT2D eigenvalue weighted by atomic mass is 10.00. The molecule has 0 aromatic heterocycles. The van der Waals surface area contributed by atoms with Gasteiger partial charge in [0.05, 0.1) is 5.56 Å². The summed E-state index contributed by atoms with van der Waals surface area (Å²) in [4.78, 5) is 11.8. The third-order valence-electron chi connectivity index (χ3n) is 3.37. The Morgan fingerprint density at radius 1 is 0.952 bits per heavy atom. The molecule has 0 spiro atoms. The lowest BCUT2D eigenvalue weighted by molar-refractivity contribution is -0.185. The van der Waals surface area contributed by atoms with E-state index in [9.17, 15) is 31.1 Å². The minimum absolute atomic E-state index is 0.0267. The zero-order valence-electron chi connectivity index (χ0n) is 10.7. The van der Waals surface area contributed by atoms with Gasteiger partial charge in [0.25, 0.3) is 0 Å². The van der Waals surface area contributed by atoms with Crippen LogP contribution in [0.3, 0.4) is 0 Å². The molecule has 1 aliphatic heterocycles. The first-order valence-electron chi connectivity index (χ1n) is 6.14. The number of rotatable bonds is 0. The zero-order chi connectivity index (χ0) is 15.8. The van der Waals surface area contributed by atoms with Crippen molar-refractivity contribution in [2.24, 2.45) is 0 Å². The average Bonchev–Trinajstić information content (AvgIpc) is 2.57. The molecule has 2 nitrogen and oxygen atoms in total. The predicted octanol–water partition coefficient (Wildman–Crippen LogP) is 3.19. The highest BCUT2D eigenvalue weighted by Gasteiger charge is 2.42. The van der Waals surface area contributed by atoms with Crippen LogP contribution in [0.5, 0.6) is 0 Å². The van der Waals surface area contributed by atoms with Crippen molar-refractivity contribution in [1.29, 1.82) is 0 Å². The van der Waals surface area contributed by atoms with Crippen LogP contribution in [0.25, 0.3) is 0 Å². The smallest absolute Gasteiger partial charge is 0.334 e. The van der Waals surface area contributed by atoms with E-state index in [1.54, 1.807) is 0 Å². The van der Waals surface area contributed by atoms with E-state index >= 15 is 0 Å². The number of amides is 1. The Kier molecular flexibility index (Phi) is 3.90. The van der Waals surface area contributed by atoms with Gasteiger partial charge in [0.2, 0.25) is 0 Å². The van der Waals surface area contributed by atoms with E-state index < -0.39 is 23.8 Å². The SMILES string of the molecule is O=C(N1CCc2ccc(C(F)(F)F)cc2CC1)C(F)(F)F. The second kappa shape index (κ2) is 5.23. The number of carbonyl (C=O) groups is 1. The molecule has 0 fully saturated rings. The van der Waals surface area contributed by atoms with Crippen molar-refractivity contribution >= 4 is 5.91 Å². The molecule has 0 saturated heterocycles. The van der Waals surface area contributed by atoms with Crippen LogP contribution >= 0.6 is 0 Å². The highest BCUT2D eigenvalue weighted by atomic mass is 19.4. The number of halogens is 6. The van der Waals surface area contributed by atoms with Gasteiger partial charge in [-0.3, -0.25) is 4.79 Å². The number of fused-ring (bicyclic) bond motifs is 1. The highest BCUT2D eigenvalue weighted by Crippen LogP contribution is 2.31. The second-order valence-electron chi connectivity index (χ2n) is 4.77.